The van der Waals surface area contributed by atoms with Gasteiger partial charge in [-0.3, -0.25) is 0 Å². The molecule has 2 rings (SSSR count). The number of hydrogen-bond acceptors (Lipinski definition) is 1. The minimum absolute atomic E-state index is 0.913. The van der Waals surface area contributed by atoms with Crippen LogP contribution in [0.15, 0.2) is 54.6 Å². The normalized spacial score (nSPS) is 12.1. The first-order valence-corrected chi connectivity index (χ1v) is 11.0. The molecule has 2 aromatic carbocycles. The van der Waals surface area contributed by atoms with E-state index in [-0.39, 0.29) is 0 Å². The van der Waals surface area contributed by atoms with Gasteiger partial charge in [0.25, 0.3) is 0 Å². The Morgan fingerprint density at radius 1 is 0.875 bits per heavy atom. The van der Waals surface area contributed by atoms with Crippen LogP contribution in [-0.4, -0.2) is 32.3 Å². The quantitative estimate of drug-likeness (QED) is 0.756. The Morgan fingerprint density at radius 3 is 2.00 bits per heavy atom. The molecule has 0 aliphatic rings. The topological polar surface area (TPSA) is 9.23 Å². The van der Waals surface area contributed by atoms with E-state index in [0.29, 0.717) is 0 Å². The Balaban J connectivity index is 2.28. The molecule has 0 aliphatic heterocycles. The summed E-state index contributed by atoms with van der Waals surface area (Å²) in [7, 11) is 1.69. The van der Waals surface area contributed by atoms with Crippen molar-refractivity contribution in [3.63, 3.8) is 0 Å². The summed E-state index contributed by atoms with van der Waals surface area (Å²) in [5.41, 5.74) is 0. The molecule has 1 atom stereocenters. The number of benzene rings is 2. The first-order chi connectivity index (χ1) is 7.81. The third-order valence-electron chi connectivity index (χ3n) is 2.23. The summed E-state index contributed by atoms with van der Waals surface area (Å²) in [4.78, 5) is 0. The molecular formula is C13H12OSe2. The van der Waals surface area contributed by atoms with Crippen LogP contribution in [0, 0.1) is 0 Å². The Hall–Kier alpha value is -0.721. The minimum atomic E-state index is -0.988. The Bertz CT molecular complexity index is 477. The van der Waals surface area contributed by atoms with E-state index in [0.717, 1.165) is 5.75 Å². The molecule has 0 spiro atoms. The third kappa shape index (κ3) is 2.69. The molecule has 0 heterocycles. The molecule has 1 nitrogen and oxygen atoms in total. The fraction of sp³-hybridized carbons (Fsp3) is 0.0769. The SMILES string of the molecule is COc1ccc([Se](=[Se])c2ccccc2)cc1. The van der Waals surface area contributed by atoms with Gasteiger partial charge in [0, 0.05) is 0 Å². The van der Waals surface area contributed by atoms with Crippen molar-refractivity contribution in [1.82, 2.24) is 0 Å². The van der Waals surface area contributed by atoms with Crippen LogP contribution in [0.1, 0.15) is 0 Å². The zero-order chi connectivity index (χ0) is 11.4. The van der Waals surface area contributed by atoms with Gasteiger partial charge in [-0.15, -0.1) is 0 Å². The van der Waals surface area contributed by atoms with Gasteiger partial charge in [-0.2, -0.15) is 0 Å². The number of ether oxygens (including phenoxy) is 1. The third-order valence-corrected chi connectivity index (χ3v) is 9.37. The number of rotatable bonds is 3. The monoisotopic (exact) mass is 344 g/mol. The fourth-order valence-corrected chi connectivity index (χ4v) is 6.03. The second kappa shape index (κ2) is 5.56. The average Bonchev–Trinajstić information content (AvgIpc) is 2.39. The molecule has 0 saturated heterocycles. The van der Waals surface area contributed by atoms with Crippen LogP contribution in [-0.2, 0) is 0 Å². The van der Waals surface area contributed by atoms with Gasteiger partial charge in [0.15, 0.2) is 0 Å². The van der Waals surface area contributed by atoms with Crippen LogP contribution < -0.4 is 13.7 Å². The van der Waals surface area contributed by atoms with E-state index in [1.807, 2.05) is 12.1 Å². The second-order valence-corrected chi connectivity index (χ2v) is 10.00. The predicted octanol–water partition coefficient (Wildman–Crippen LogP) is 0.969. The van der Waals surface area contributed by atoms with Crippen LogP contribution >= 0.6 is 0 Å². The molecule has 0 N–H and O–H groups in total. The van der Waals surface area contributed by atoms with Crippen molar-refractivity contribution < 1.29 is 4.74 Å². The van der Waals surface area contributed by atoms with Crippen LogP contribution in [0.2, 0.25) is 0 Å². The van der Waals surface area contributed by atoms with E-state index in [1.54, 1.807) is 7.11 Å². The molecule has 0 amide bonds. The zero-order valence-corrected chi connectivity index (χ0v) is 12.3. The van der Waals surface area contributed by atoms with Gasteiger partial charge in [0.05, 0.1) is 0 Å². The van der Waals surface area contributed by atoms with Crippen molar-refractivity contribution in [1.29, 1.82) is 0 Å². The van der Waals surface area contributed by atoms with Gasteiger partial charge < -0.3 is 0 Å². The molecule has 0 bridgehead atoms. The molecular weight excluding hydrogens is 330 g/mol. The van der Waals surface area contributed by atoms with E-state index in [2.05, 4.69) is 56.1 Å². The second-order valence-electron chi connectivity index (χ2n) is 3.26. The Kier molecular flexibility index (Phi) is 4.09. The molecule has 3 heteroatoms. The van der Waals surface area contributed by atoms with Crippen molar-refractivity contribution >= 4 is 34.1 Å². The van der Waals surface area contributed by atoms with Gasteiger partial charge in [0.1, 0.15) is 0 Å². The summed E-state index contributed by atoms with van der Waals surface area (Å²) in [5.74, 6) is 0.913. The van der Waals surface area contributed by atoms with Gasteiger partial charge in [-0.05, 0) is 0 Å². The van der Waals surface area contributed by atoms with Crippen LogP contribution in [0.4, 0.5) is 0 Å². The molecule has 82 valence electrons. The first-order valence-electron chi connectivity index (χ1n) is 4.92. The molecule has 1 unspecified atom stereocenters. The van der Waals surface area contributed by atoms with Crippen molar-refractivity contribution in [2.24, 2.45) is 0 Å². The molecule has 2 aromatic rings. The van der Waals surface area contributed by atoms with Crippen molar-refractivity contribution in [2.45, 2.75) is 0 Å². The van der Waals surface area contributed by atoms with Crippen LogP contribution in [0.5, 0.6) is 5.75 Å². The Labute approximate surface area is 106 Å². The van der Waals surface area contributed by atoms with E-state index >= 15 is 0 Å². The van der Waals surface area contributed by atoms with Crippen molar-refractivity contribution in [2.75, 3.05) is 7.11 Å². The molecule has 16 heavy (non-hydrogen) atoms. The van der Waals surface area contributed by atoms with Gasteiger partial charge >= 0.3 is 106 Å². The van der Waals surface area contributed by atoms with E-state index in [4.69, 9.17) is 4.74 Å². The van der Waals surface area contributed by atoms with Crippen molar-refractivity contribution in [3.05, 3.63) is 54.6 Å². The van der Waals surface area contributed by atoms with Crippen molar-refractivity contribution in [3.8, 4) is 5.75 Å². The van der Waals surface area contributed by atoms with E-state index in [9.17, 15) is 0 Å². The average molecular weight is 342 g/mol. The summed E-state index contributed by atoms with van der Waals surface area (Å²) < 4.78 is 7.95. The van der Waals surface area contributed by atoms with Crippen LogP contribution in [0.25, 0.3) is 0 Å². The number of hydrogen-bond donors (Lipinski definition) is 0. The summed E-state index contributed by atoms with van der Waals surface area (Å²) in [6.07, 6.45) is 0. The Morgan fingerprint density at radius 2 is 1.44 bits per heavy atom. The van der Waals surface area contributed by atoms with Gasteiger partial charge in [0.2, 0.25) is 0 Å². The summed E-state index contributed by atoms with van der Waals surface area (Å²) >= 11 is 2.34. The maximum atomic E-state index is 5.16. The first kappa shape index (κ1) is 11.8. The van der Waals surface area contributed by atoms with E-state index < -0.39 is 11.5 Å². The number of methoxy groups -OCH3 is 1. The maximum absolute atomic E-state index is 5.16. The molecule has 0 radical (unpaired) electrons. The molecule has 0 aliphatic carbocycles. The van der Waals surface area contributed by atoms with Gasteiger partial charge in [-0.1, -0.05) is 0 Å². The zero-order valence-electron chi connectivity index (χ0n) is 8.92. The van der Waals surface area contributed by atoms with Gasteiger partial charge in [-0.25, -0.2) is 0 Å². The standard InChI is InChI=1S/C13H12OSe2/c1-14-11-7-9-13(10-8-11)16(15)12-5-3-2-4-6-12/h2-10H,1H3. The van der Waals surface area contributed by atoms with E-state index in [1.165, 1.54) is 8.92 Å². The summed E-state index contributed by atoms with van der Waals surface area (Å²) in [6, 6.07) is 18.9. The summed E-state index contributed by atoms with van der Waals surface area (Å²) in [5, 5.41) is 0. The summed E-state index contributed by atoms with van der Waals surface area (Å²) in [6.45, 7) is 0. The molecule has 0 aromatic heterocycles. The fourth-order valence-electron chi connectivity index (χ4n) is 1.38. The molecule has 0 fully saturated rings. The van der Waals surface area contributed by atoms with Crippen LogP contribution in [0.3, 0.4) is 0 Å². The predicted molar refractivity (Wildman–Crippen MR) is 70.2 cm³/mol. The molecule has 0 saturated carbocycles.